The highest BCUT2D eigenvalue weighted by Crippen LogP contribution is 2.09. The van der Waals surface area contributed by atoms with Gasteiger partial charge < -0.3 is 5.32 Å². The van der Waals surface area contributed by atoms with Gasteiger partial charge in [0, 0.05) is 13.6 Å². The number of urea groups is 1. The second-order valence-electron chi connectivity index (χ2n) is 4.44. The van der Waals surface area contributed by atoms with E-state index in [1.165, 1.54) is 31.3 Å². The number of hydrogen-bond acceptors (Lipinski definition) is 4. The summed E-state index contributed by atoms with van der Waals surface area (Å²) >= 11 is 0. The van der Waals surface area contributed by atoms with E-state index in [-0.39, 0.29) is 12.4 Å². The molecular formula is C13H12FN3O4. The van der Waals surface area contributed by atoms with Crippen molar-refractivity contribution in [3.63, 3.8) is 0 Å². The van der Waals surface area contributed by atoms with Gasteiger partial charge in [-0.1, -0.05) is 12.1 Å². The number of imide groups is 2. The Labute approximate surface area is 119 Å². The molecule has 1 aliphatic rings. The van der Waals surface area contributed by atoms with Crippen LogP contribution in [0.2, 0.25) is 0 Å². The molecule has 0 spiro atoms. The number of halogens is 1. The number of hydrogen-bond donors (Lipinski definition) is 1. The lowest BCUT2D eigenvalue weighted by molar-refractivity contribution is -0.143. The van der Waals surface area contributed by atoms with Gasteiger partial charge in [0.2, 0.25) is 5.91 Å². The van der Waals surface area contributed by atoms with E-state index in [2.05, 4.69) is 5.32 Å². The summed E-state index contributed by atoms with van der Waals surface area (Å²) in [6.45, 7) is -0.409. The molecule has 0 aliphatic carbocycles. The molecular weight excluding hydrogens is 281 g/mol. The molecule has 0 aromatic heterocycles. The minimum absolute atomic E-state index is 0.124. The predicted molar refractivity (Wildman–Crippen MR) is 68.1 cm³/mol. The zero-order valence-corrected chi connectivity index (χ0v) is 11.1. The highest BCUT2D eigenvalue weighted by molar-refractivity contribution is 6.44. The molecule has 0 bridgehead atoms. The molecule has 8 heteroatoms. The summed E-state index contributed by atoms with van der Waals surface area (Å²) in [4.78, 5) is 47.2. The summed E-state index contributed by atoms with van der Waals surface area (Å²) in [5, 5.41) is 2.48. The van der Waals surface area contributed by atoms with Gasteiger partial charge in [-0.2, -0.15) is 0 Å². The van der Waals surface area contributed by atoms with Crippen molar-refractivity contribution >= 4 is 23.8 Å². The fourth-order valence-electron chi connectivity index (χ4n) is 1.76. The Morgan fingerprint density at radius 2 is 1.76 bits per heavy atom. The predicted octanol–water partition coefficient (Wildman–Crippen LogP) is -0.137. The number of rotatable bonds is 4. The van der Waals surface area contributed by atoms with Crippen LogP contribution in [0.5, 0.6) is 0 Å². The van der Waals surface area contributed by atoms with Crippen LogP contribution in [0.1, 0.15) is 5.56 Å². The van der Waals surface area contributed by atoms with Gasteiger partial charge in [0.1, 0.15) is 12.4 Å². The molecule has 1 aromatic carbocycles. The molecule has 1 heterocycles. The summed E-state index contributed by atoms with van der Waals surface area (Å²) in [5.41, 5.74) is 0.664. The zero-order valence-electron chi connectivity index (χ0n) is 11.1. The lowest BCUT2D eigenvalue weighted by atomic mass is 10.2. The van der Waals surface area contributed by atoms with Crippen LogP contribution in [0.3, 0.4) is 0 Å². The maximum absolute atomic E-state index is 12.7. The molecule has 0 unspecified atom stereocenters. The first-order chi connectivity index (χ1) is 9.90. The fraction of sp³-hybridized carbons (Fsp3) is 0.231. The molecule has 1 aliphatic heterocycles. The van der Waals surface area contributed by atoms with Crippen LogP contribution in [0, 0.1) is 5.82 Å². The van der Waals surface area contributed by atoms with Crippen LogP contribution in [-0.4, -0.2) is 47.1 Å². The lowest BCUT2D eigenvalue weighted by Crippen LogP contribution is -2.40. The highest BCUT2D eigenvalue weighted by atomic mass is 19.1. The molecule has 1 fully saturated rings. The van der Waals surface area contributed by atoms with Crippen molar-refractivity contribution < 1.29 is 23.6 Å². The Kier molecular flexibility index (Phi) is 3.97. The highest BCUT2D eigenvalue weighted by Gasteiger charge is 2.42. The van der Waals surface area contributed by atoms with E-state index >= 15 is 0 Å². The van der Waals surface area contributed by atoms with E-state index < -0.39 is 30.3 Å². The van der Waals surface area contributed by atoms with E-state index in [1.807, 2.05) is 0 Å². The van der Waals surface area contributed by atoms with Gasteiger partial charge in [-0.05, 0) is 17.7 Å². The third-order valence-electron chi connectivity index (χ3n) is 2.96. The van der Waals surface area contributed by atoms with E-state index in [0.29, 0.717) is 15.4 Å². The number of nitrogens with one attached hydrogen (secondary N) is 1. The second-order valence-corrected chi connectivity index (χ2v) is 4.44. The molecule has 1 N–H and O–H groups in total. The molecule has 1 saturated heterocycles. The number of likely N-dealkylation sites (N-methyl/N-ethyl adjacent to an activating group) is 1. The molecule has 0 saturated carbocycles. The molecule has 2 rings (SSSR count). The third-order valence-corrected chi connectivity index (χ3v) is 2.96. The van der Waals surface area contributed by atoms with Gasteiger partial charge in [0.05, 0.1) is 0 Å². The summed E-state index contributed by atoms with van der Waals surface area (Å²) in [7, 11) is 1.17. The summed E-state index contributed by atoms with van der Waals surface area (Å²) in [6, 6.07) is 4.67. The Hall–Kier alpha value is -2.77. The number of benzene rings is 1. The van der Waals surface area contributed by atoms with Crippen LogP contribution in [0.4, 0.5) is 9.18 Å². The Balaban J connectivity index is 1.90. The van der Waals surface area contributed by atoms with Crippen molar-refractivity contribution in [3.8, 4) is 0 Å². The SMILES string of the molecule is CN1C(=O)C(=O)N(CC(=O)NCc2ccc(F)cc2)C1=O. The molecule has 110 valence electrons. The number of carbonyl (C=O) groups excluding carboxylic acids is 4. The van der Waals surface area contributed by atoms with E-state index in [9.17, 15) is 23.6 Å². The Bertz CT molecular complexity index is 614. The van der Waals surface area contributed by atoms with Gasteiger partial charge in [0.15, 0.2) is 0 Å². The van der Waals surface area contributed by atoms with Crippen molar-refractivity contribution in [2.45, 2.75) is 6.54 Å². The van der Waals surface area contributed by atoms with Crippen LogP contribution in [-0.2, 0) is 20.9 Å². The average Bonchev–Trinajstić information content (AvgIpc) is 2.64. The van der Waals surface area contributed by atoms with E-state index in [4.69, 9.17) is 0 Å². The van der Waals surface area contributed by atoms with Crippen LogP contribution in [0.25, 0.3) is 0 Å². The normalized spacial score (nSPS) is 14.9. The van der Waals surface area contributed by atoms with Crippen molar-refractivity contribution in [1.82, 2.24) is 15.1 Å². The molecule has 0 radical (unpaired) electrons. The molecule has 7 nitrogen and oxygen atoms in total. The first-order valence-electron chi connectivity index (χ1n) is 6.05. The third kappa shape index (κ3) is 3.04. The lowest BCUT2D eigenvalue weighted by Gasteiger charge is -2.12. The average molecular weight is 293 g/mol. The first-order valence-corrected chi connectivity index (χ1v) is 6.05. The van der Waals surface area contributed by atoms with Crippen molar-refractivity contribution in [2.24, 2.45) is 0 Å². The number of nitrogens with zero attached hydrogens (tertiary/aromatic N) is 2. The Morgan fingerprint density at radius 1 is 1.14 bits per heavy atom. The second kappa shape index (κ2) is 5.70. The zero-order chi connectivity index (χ0) is 15.6. The van der Waals surface area contributed by atoms with Gasteiger partial charge in [-0.3, -0.25) is 19.3 Å². The minimum Gasteiger partial charge on any atom is -0.350 e. The molecule has 0 atom stereocenters. The maximum Gasteiger partial charge on any atom is 0.334 e. The minimum atomic E-state index is -1.03. The summed E-state index contributed by atoms with van der Waals surface area (Å²) in [6.07, 6.45) is 0. The first kappa shape index (κ1) is 14.6. The number of carbonyl (C=O) groups is 4. The van der Waals surface area contributed by atoms with Gasteiger partial charge in [-0.15, -0.1) is 0 Å². The van der Waals surface area contributed by atoms with Crippen LogP contribution >= 0.6 is 0 Å². The number of amides is 5. The van der Waals surface area contributed by atoms with Crippen molar-refractivity contribution in [3.05, 3.63) is 35.6 Å². The fourth-order valence-corrected chi connectivity index (χ4v) is 1.76. The van der Waals surface area contributed by atoms with Crippen LogP contribution in [0.15, 0.2) is 24.3 Å². The standard InChI is InChI=1S/C13H12FN3O4/c1-16-11(19)12(20)17(13(16)21)7-10(18)15-6-8-2-4-9(14)5-3-8/h2-5H,6-7H2,1H3,(H,15,18). The maximum atomic E-state index is 12.7. The van der Waals surface area contributed by atoms with Gasteiger partial charge in [0.25, 0.3) is 0 Å². The molecule has 21 heavy (non-hydrogen) atoms. The monoisotopic (exact) mass is 293 g/mol. The molecule has 5 amide bonds. The molecule has 1 aromatic rings. The summed E-state index contributed by atoms with van der Waals surface area (Å²) in [5.74, 6) is -2.98. The topological polar surface area (TPSA) is 86.8 Å². The van der Waals surface area contributed by atoms with Gasteiger partial charge >= 0.3 is 17.8 Å². The smallest absolute Gasteiger partial charge is 0.334 e. The van der Waals surface area contributed by atoms with Crippen molar-refractivity contribution in [2.75, 3.05) is 13.6 Å². The van der Waals surface area contributed by atoms with E-state index in [0.717, 1.165) is 0 Å². The van der Waals surface area contributed by atoms with E-state index in [1.54, 1.807) is 0 Å². The Morgan fingerprint density at radius 3 is 2.29 bits per heavy atom. The largest absolute Gasteiger partial charge is 0.350 e. The van der Waals surface area contributed by atoms with Crippen molar-refractivity contribution in [1.29, 1.82) is 0 Å². The van der Waals surface area contributed by atoms with Crippen LogP contribution < -0.4 is 5.32 Å². The van der Waals surface area contributed by atoms with Gasteiger partial charge in [-0.25, -0.2) is 14.1 Å². The quantitative estimate of drug-likeness (QED) is 0.618. The summed E-state index contributed by atoms with van der Waals surface area (Å²) < 4.78 is 12.7.